The van der Waals surface area contributed by atoms with Crippen molar-refractivity contribution < 1.29 is 4.74 Å². The summed E-state index contributed by atoms with van der Waals surface area (Å²) in [6, 6.07) is 9.12. The van der Waals surface area contributed by atoms with E-state index < -0.39 is 0 Å². The molecule has 0 aliphatic rings. The maximum atomic E-state index is 8.93. The number of halogens is 1. The van der Waals surface area contributed by atoms with E-state index in [9.17, 15) is 0 Å². The summed E-state index contributed by atoms with van der Waals surface area (Å²) in [7, 11) is 0. The first-order valence-corrected chi connectivity index (χ1v) is 6.21. The summed E-state index contributed by atoms with van der Waals surface area (Å²) in [6.07, 6.45) is 0. The highest BCUT2D eigenvalue weighted by atomic mass is 35.5. The van der Waals surface area contributed by atoms with Crippen LogP contribution in [0.5, 0.6) is 11.6 Å². The minimum Gasteiger partial charge on any atom is -0.439 e. The first kappa shape index (κ1) is 13.4. The van der Waals surface area contributed by atoms with Crippen molar-refractivity contribution in [2.75, 3.05) is 0 Å². The van der Waals surface area contributed by atoms with Crippen LogP contribution in [0, 0.1) is 32.1 Å². The standard InChI is InChI=1S/C15H13ClN2O/c1-9-4-13(5-10(2)15(9)16)19-14-7-12(8-17)6-11(3)18-14/h4-7H,1-3H3. The minimum atomic E-state index is 0.415. The lowest BCUT2D eigenvalue weighted by molar-refractivity contribution is 0.461. The summed E-state index contributed by atoms with van der Waals surface area (Å²) < 4.78 is 5.70. The third-order valence-corrected chi connectivity index (χ3v) is 3.29. The van der Waals surface area contributed by atoms with Gasteiger partial charge in [-0.05, 0) is 50.1 Å². The zero-order valence-corrected chi connectivity index (χ0v) is 11.7. The number of aryl methyl sites for hydroxylation is 3. The molecule has 0 aliphatic carbocycles. The number of aromatic nitrogens is 1. The predicted molar refractivity (Wildman–Crippen MR) is 74.7 cm³/mol. The predicted octanol–water partition coefficient (Wildman–Crippen LogP) is 4.32. The molecule has 0 N–H and O–H groups in total. The van der Waals surface area contributed by atoms with Crippen LogP contribution in [0.1, 0.15) is 22.4 Å². The molecule has 19 heavy (non-hydrogen) atoms. The van der Waals surface area contributed by atoms with Crippen molar-refractivity contribution in [3.05, 3.63) is 51.7 Å². The Morgan fingerprint density at radius 3 is 2.32 bits per heavy atom. The van der Waals surface area contributed by atoms with E-state index in [0.29, 0.717) is 17.2 Å². The smallest absolute Gasteiger partial charge is 0.220 e. The van der Waals surface area contributed by atoms with Gasteiger partial charge in [-0.1, -0.05) is 11.6 Å². The molecule has 2 aromatic rings. The van der Waals surface area contributed by atoms with E-state index in [-0.39, 0.29) is 0 Å². The Balaban J connectivity index is 2.36. The molecule has 0 bridgehead atoms. The number of rotatable bonds is 2. The Morgan fingerprint density at radius 2 is 1.74 bits per heavy atom. The van der Waals surface area contributed by atoms with Gasteiger partial charge in [0.1, 0.15) is 5.75 Å². The normalized spacial score (nSPS) is 10.1. The number of nitriles is 1. The second-order valence-electron chi connectivity index (χ2n) is 4.42. The number of pyridine rings is 1. The lowest BCUT2D eigenvalue weighted by Crippen LogP contribution is -1.93. The Hall–Kier alpha value is -2.05. The quantitative estimate of drug-likeness (QED) is 0.818. The third kappa shape index (κ3) is 3.04. The van der Waals surface area contributed by atoms with Gasteiger partial charge in [-0.2, -0.15) is 5.26 Å². The number of nitrogens with zero attached hydrogens (tertiary/aromatic N) is 2. The molecule has 2 rings (SSSR count). The second-order valence-corrected chi connectivity index (χ2v) is 4.80. The molecule has 0 amide bonds. The first-order chi connectivity index (χ1) is 8.99. The molecule has 1 aromatic carbocycles. The molecule has 4 heteroatoms. The molecule has 1 aromatic heterocycles. The molecule has 1 heterocycles. The molecule has 0 aliphatic heterocycles. The Bertz CT molecular complexity index is 651. The average Bonchev–Trinajstić information content (AvgIpc) is 2.35. The summed E-state index contributed by atoms with van der Waals surface area (Å²) in [4.78, 5) is 4.25. The largest absolute Gasteiger partial charge is 0.439 e. The van der Waals surface area contributed by atoms with E-state index in [1.807, 2.05) is 32.9 Å². The topological polar surface area (TPSA) is 45.9 Å². The highest BCUT2D eigenvalue weighted by Gasteiger charge is 2.06. The molecule has 0 saturated heterocycles. The zero-order chi connectivity index (χ0) is 14.0. The molecule has 0 fully saturated rings. The molecule has 0 spiro atoms. The van der Waals surface area contributed by atoms with Gasteiger partial charge < -0.3 is 4.74 Å². The van der Waals surface area contributed by atoms with Crippen molar-refractivity contribution in [2.45, 2.75) is 20.8 Å². The van der Waals surface area contributed by atoms with Crippen LogP contribution in [0.25, 0.3) is 0 Å². The molecule has 96 valence electrons. The fraction of sp³-hybridized carbons (Fsp3) is 0.200. The fourth-order valence-electron chi connectivity index (χ4n) is 1.84. The van der Waals surface area contributed by atoms with Crippen molar-refractivity contribution in [3.8, 4) is 17.7 Å². The zero-order valence-electron chi connectivity index (χ0n) is 11.0. The molecule has 3 nitrogen and oxygen atoms in total. The van der Waals surface area contributed by atoms with Gasteiger partial charge in [-0.3, -0.25) is 0 Å². The van der Waals surface area contributed by atoms with Gasteiger partial charge in [0.25, 0.3) is 0 Å². The van der Waals surface area contributed by atoms with E-state index in [1.54, 1.807) is 12.1 Å². The van der Waals surface area contributed by atoms with Crippen LogP contribution in [-0.2, 0) is 0 Å². The van der Waals surface area contributed by atoms with Crippen molar-refractivity contribution >= 4 is 11.6 Å². The van der Waals surface area contributed by atoms with Gasteiger partial charge in [0.15, 0.2) is 0 Å². The summed E-state index contributed by atoms with van der Waals surface area (Å²) in [5.74, 6) is 1.08. The summed E-state index contributed by atoms with van der Waals surface area (Å²) >= 11 is 6.11. The maximum absolute atomic E-state index is 8.93. The molecule has 0 saturated carbocycles. The third-order valence-electron chi connectivity index (χ3n) is 2.69. The van der Waals surface area contributed by atoms with Crippen molar-refractivity contribution in [1.29, 1.82) is 5.26 Å². The van der Waals surface area contributed by atoms with Crippen LogP contribution in [0.3, 0.4) is 0 Å². The van der Waals surface area contributed by atoms with E-state index in [1.165, 1.54) is 0 Å². The Kier molecular flexibility index (Phi) is 3.73. The molecule has 0 atom stereocenters. The van der Waals surface area contributed by atoms with Gasteiger partial charge in [0.2, 0.25) is 5.88 Å². The Labute approximate surface area is 117 Å². The minimum absolute atomic E-state index is 0.415. The van der Waals surface area contributed by atoms with E-state index in [0.717, 1.165) is 21.8 Å². The van der Waals surface area contributed by atoms with Crippen LogP contribution >= 0.6 is 11.6 Å². The molecular weight excluding hydrogens is 260 g/mol. The van der Waals surface area contributed by atoms with Crippen LogP contribution in [0.2, 0.25) is 5.02 Å². The first-order valence-electron chi connectivity index (χ1n) is 5.83. The van der Waals surface area contributed by atoms with Crippen molar-refractivity contribution in [1.82, 2.24) is 4.98 Å². The van der Waals surface area contributed by atoms with Gasteiger partial charge in [0, 0.05) is 16.8 Å². The number of hydrogen-bond acceptors (Lipinski definition) is 3. The van der Waals surface area contributed by atoms with Gasteiger partial charge in [0.05, 0.1) is 11.6 Å². The van der Waals surface area contributed by atoms with E-state index in [4.69, 9.17) is 21.6 Å². The van der Waals surface area contributed by atoms with Crippen LogP contribution in [-0.4, -0.2) is 4.98 Å². The van der Waals surface area contributed by atoms with Crippen molar-refractivity contribution in [3.63, 3.8) is 0 Å². The van der Waals surface area contributed by atoms with E-state index >= 15 is 0 Å². The second kappa shape index (κ2) is 5.29. The highest BCUT2D eigenvalue weighted by molar-refractivity contribution is 6.32. The van der Waals surface area contributed by atoms with Crippen LogP contribution < -0.4 is 4.74 Å². The molecule has 0 unspecified atom stereocenters. The van der Waals surface area contributed by atoms with Crippen LogP contribution in [0.4, 0.5) is 0 Å². The number of ether oxygens (including phenoxy) is 1. The summed E-state index contributed by atoms with van der Waals surface area (Å²) in [6.45, 7) is 5.67. The monoisotopic (exact) mass is 272 g/mol. The summed E-state index contributed by atoms with van der Waals surface area (Å²) in [5.41, 5.74) is 3.18. The van der Waals surface area contributed by atoms with Gasteiger partial charge in [-0.25, -0.2) is 4.98 Å². The van der Waals surface area contributed by atoms with Gasteiger partial charge in [-0.15, -0.1) is 0 Å². The highest BCUT2D eigenvalue weighted by Crippen LogP contribution is 2.28. The lowest BCUT2D eigenvalue weighted by atomic mass is 10.1. The van der Waals surface area contributed by atoms with Crippen LogP contribution in [0.15, 0.2) is 24.3 Å². The number of hydrogen-bond donors (Lipinski definition) is 0. The SMILES string of the molecule is Cc1cc(C#N)cc(Oc2cc(C)c(Cl)c(C)c2)n1. The number of benzene rings is 1. The lowest BCUT2D eigenvalue weighted by Gasteiger charge is -2.09. The Morgan fingerprint density at radius 1 is 1.11 bits per heavy atom. The maximum Gasteiger partial charge on any atom is 0.220 e. The van der Waals surface area contributed by atoms with Gasteiger partial charge >= 0.3 is 0 Å². The van der Waals surface area contributed by atoms with E-state index in [2.05, 4.69) is 11.1 Å². The average molecular weight is 273 g/mol. The fourth-order valence-corrected chi connectivity index (χ4v) is 1.95. The summed E-state index contributed by atoms with van der Waals surface area (Å²) in [5, 5.41) is 9.66. The molecule has 0 radical (unpaired) electrons. The molecular formula is C15H13ClN2O. The van der Waals surface area contributed by atoms with Crippen molar-refractivity contribution in [2.24, 2.45) is 0 Å².